The molecule has 0 spiro atoms. The Morgan fingerprint density at radius 2 is 2.14 bits per heavy atom. The van der Waals surface area contributed by atoms with E-state index in [1.807, 2.05) is 0 Å². The Bertz CT molecular complexity index is 1140. The van der Waals surface area contributed by atoms with E-state index in [9.17, 15) is 4.79 Å². The van der Waals surface area contributed by atoms with Crippen LogP contribution in [0.25, 0.3) is 11.5 Å². The monoisotopic (exact) mass is 410 g/mol. The van der Waals surface area contributed by atoms with Crippen molar-refractivity contribution in [3.63, 3.8) is 0 Å². The molecule has 3 heterocycles. The van der Waals surface area contributed by atoms with E-state index >= 15 is 0 Å². The second-order valence-electron chi connectivity index (χ2n) is 6.01. The van der Waals surface area contributed by atoms with Crippen LogP contribution < -0.4 is 10.1 Å². The standard InChI is InChI=1S/C20H15ClN4O4/c1-12-15(11-28-14-5-2-4-13(21)10-14)18(25-29-12)19(26)24-20-22-8-7-16(23-20)17-6-3-9-27-17/h2-10H,11H2,1H3,(H,22,23,24,26). The third-order valence-corrected chi connectivity index (χ3v) is 4.27. The molecular weight excluding hydrogens is 396 g/mol. The van der Waals surface area contributed by atoms with Crippen molar-refractivity contribution in [1.82, 2.24) is 15.1 Å². The fourth-order valence-corrected chi connectivity index (χ4v) is 2.77. The predicted molar refractivity (Wildman–Crippen MR) is 105 cm³/mol. The molecule has 4 aromatic rings. The zero-order valence-corrected chi connectivity index (χ0v) is 16.0. The van der Waals surface area contributed by atoms with Crippen LogP contribution in [0, 0.1) is 6.92 Å². The SMILES string of the molecule is Cc1onc(C(=O)Nc2nccc(-c3ccco3)n2)c1COc1cccc(Cl)c1. The molecule has 1 N–H and O–H groups in total. The van der Waals surface area contributed by atoms with Gasteiger partial charge in [-0.2, -0.15) is 0 Å². The van der Waals surface area contributed by atoms with Crippen LogP contribution in [0.1, 0.15) is 21.8 Å². The lowest BCUT2D eigenvalue weighted by molar-refractivity contribution is 0.101. The zero-order valence-electron chi connectivity index (χ0n) is 15.3. The molecule has 0 saturated heterocycles. The van der Waals surface area contributed by atoms with Crippen molar-refractivity contribution < 1.29 is 18.5 Å². The van der Waals surface area contributed by atoms with Gasteiger partial charge in [0.15, 0.2) is 11.5 Å². The van der Waals surface area contributed by atoms with Gasteiger partial charge in [-0.15, -0.1) is 0 Å². The average Bonchev–Trinajstić information content (AvgIpc) is 3.37. The molecule has 0 aliphatic heterocycles. The molecule has 29 heavy (non-hydrogen) atoms. The van der Waals surface area contributed by atoms with Gasteiger partial charge in [-0.25, -0.2) is 9.97 Å². The summed E-state index contributed by atoms with van der Waals surface area (Å²) in [5.41, 5.74) is 1.15. The maximum atomic E-state index is 12.7. The van der Waals surface area contributed by atoms with Crippen molar-refractivity contribution in [2.24, 2.45) is 0 Å². The van der Waals surface area contributed by atoms with E-state index in [1.165, 1.54) is 6.20 Å². The smallest absolute Gasteiger partial charge is 0.280 e. The minimum absolute atomic E-state index is 0.0890. The van der Waals surface area contributed by atoms with E-state index in [1.54, 1.807) is 55.7 Å². The minimum atomic E-state index is -0.511. The number of aromatic nitrogens is 3. The first-order valence-corrected chi connectivity index (χ1v) is 9.00. The number of halogens is 1. The van der Waals surface area contributed by atoms with Gasteiger partial charge in [-0.3, -0.25) is 10.1 Å². The average molecular weight is 411 g/mol. The molecule has 0 aliphatic carbocycles. The van der Waals surface area contributed by atoms with Gasteiger partial charge in [0.1, 0.15) is 23.8 Å². The third-order valence-electron chi connectivity index (χ3n) is 4.03. The first kappa shape index (κ1) is 18.7. The zero-order chi connectivity index (χ0) is 20.2. The maximum absolute atomic E-state index is 12.7. The van der Waals surface area contributed by atoms with Crippen LogP contribution in [0.2, 0.25) is 5.02 Å². The fourth-order valence-electron chi connectivity index (χ4n) is 2.59. The summed E-state index contributed by atoms with van der Waals surface area (Å²) in [6.07, 6.45) is 3.07. The molecule has 0 atom stereocenters. The lowest BCUT2D eigenvalue weighted by atomic mass is 10.2. The number of ether oxygens (including phenoxy) is 1. The summed E-state index contributed by atoms with van der Waals surface area (Å²) in [5, 5.41) is 7.02. The molecule has 0 unspecified atom stereocenters. The molecule has 4 rings (SSSR count). The number of anilines is 1. The quantitative estimate of drug-likeness (QED) is 0.498. The van der Waals surface area contributed by atoms with Gasteiger partial charge < -0.3 is 13.7 Å². The molecule has 1 amide bonds. The van der Waals surface area contributed by atoms with Crippen molar-refractivity contribution in [2.45, 2.75) is 13.5 Å². The molecule has 0 radical (unpaired) electrons. The highest BCUT2D eigenvalue weighted by Crippen LogP contribution is 2.22. The van der Waals surface area contributed by atoms with Crippen molar-refractivity contribution in [3.8, 4) is 17.2 Å². The number of rotatable bonds is 6. The molecule has 3 aromatic heterocycles. The molecule has 0 fully saturated rings. The number of furan rings is 1. The van der Waals surface area contributed by atoms with Gasteiger partial charge in [0.2, 0.25) is 5.95 Å². The molecule has 9 heteroatoms. The summed E-state index contributed by atoms with van der Waals surface area (Å²) in [5.74, 6) is 1.21. The number of aryl methyl sites for hydroxylation is 1. The number of nitrogens with one attached hydrogen (secondary N) is 1. The number of nitrogens with zero attached hydrogens (tertiary/aromatic N) is 3. The van der Waals surface area contributed by atoms with Gasteiger partial charge in [0.05, 0.1) is 11.8 Å². The number of benzene rings is 1. The number of hydrogen-bond donors (Lipinski definition) is 1. The molecule has 1 aromatic carbocycles. The highest BCUT2D eigenvalue weighted by atomic mass is 35.5. The van der Waals surface area contributed by atoms with Gasteiger partial charge >= 0.3 is 0 Å². The Morgan fingerprint density at radius 3 is 2.93 bits per heavy atom. The second kappa shape index (κ2) is 8.15. The normalized spacial score (nSPS) is 10.7. The third kappa shape index (κ3) is 4.27. The maximum Gasteiger partial charge on any atom is 0.280 e. The second-order valence-corrected chi connectivity index (χ2v) is 6.45. The Morgan fingerprint density at radius 1 is 1.24 bits per heavy atom. The van der Waals surface area contributed by atoms with E-state index in [2.05, 4.69) is 20.4 Å². The van der Waals surface area contributed by atoms with E-state index in [-0.39, 0.29) is 18.2 Å². The summed E-state index contributed by atoms with van der Waals surface area (Å²) in [4.78, 5) is 21.0. The minimum Gasteiger partial charge on any atom is -0.489 e. The van der Waals surface area contributed by atoms with Crippen LogP contribution >= 0.6 is 11.6 Å². The van der Waals surface area contributed by atoms with Crippen LogP contribution in [0.3, 0.4) is 0 Å². The molecule has 0 bridgehead atoms. The fraction of sp³-hybridized carbons (Fsp3) is 0.100. The molecule has 146 valence electrons. The number of carbonyl (C=O) groups is 1. The Kier molecular flexibility index (Phi) is 5.26. The van der Waals surface area contributed by atoms with Crippen LogP contribution in [0.4, 0.5) is 5.95 Å². The lowest BCUT2D eigenvalue weighted by Crippen LogP contribution is -2.17. The number of carbonyl (C=O) groups excluding carboxylic acids is 1. The molecule has 0 aliphatic rings. The van der Waals surface area contributed by atoms with Crippen molar-refractivity contribution in [1.29, 1.82) is 0 Å². The molecule has 8 nitrogen and oxygen atoms in total. The Labute approximate surface area is 170 Å². The van der Waals surface area contributed by atoms with E-state index in [0.29, 0.717) is 33.6 Å². The first-order chi connectivity index (χ1) is 14.1. The summed E-state index contributed by atoms with van der Waals surface area (Å²) < 4.78 is 16.2. The van der Waals surface area contributed by atoms with Crippen molar-refractivity contribution in [2.75, 3.05) is 5.32 Å². The highest BCUT2D eigenvalue weighted by molar-refractivity contribution is 6.30. The predicted octanol–water partition coefficient (Wildman–Crippen LogP) is 4.52. The summed E-state index contributed by atoms with van der Waals surface area (Å²) in [6.45, 7) is 1.79. The van der Waals surface area contributed by atoms with Crippen molar-refractivity contribution in [3.05, 3.63) is 77.0 Å². The number of amides is 1. The van der Waals surface area contributed by atoms with Gasteiger partial charge in [-0.1, -0.05) is 22.8 Å². The summed E-state index contributed by atoms with van der Waals surface area (Å²) >= 11 is 5.96. The summed E-state index contributed by atoms with van der Waals surface area (Å²) in [7, 11) is 0. The molecular formula is C20H15ClN4O4. The van der Waals surface area contributed by atoms with Crippen molar-refractivity contribution >= 4 is 23.5 Å². The van der Waals surface area contributed by atoms with Crippen LogP contribution in [0.5, 0.6) is 5.75 Å². The largest absolute Gasteiger partial charge is 0.489 e. The highest BCUT2D eigenvalue weighted by Gasteiger charge is 2.21. The first-order valence-electron chi connectivity index (χ1n) is 8.62. The Balaban J connectivity index is 1.50. The topological polar surface area (TPSA) is 103 Å². The van der Waals surface area contributed by atoms with E-state index < -0.39 is 5.91 Å². The molecule has 0 saturated carbocycles. The lowest BCUT2D eigenvalue weighted by Gasteiger charge is -2.07. The van der Waals surface area contributed by atoms with Gasteiger partial charge in [-0.05, 0) is 43.3 Å². The van der Waals surface area contributed by atoms with E-state index in [4.69, 9.17) is 25.3 Å². The Hall–Kier alpha value is -3.65. The summed E-state index contributed by atoms with van der Waals surface area (Å²) in [6, 6.07) is 12.2. The van der Waals surface area contributed by atoms with Crippen LogP contribution in [0.15, 0.2) is 63.9 Å². The van der Waals surface area contributed by atoms with Gasteiger partial charge in [0.25, 0.3) is 5.91 Å². The number of hydrogen-bond acceptors (Lipinski definition) is 7. The van der Waals surface area contributed by atoms with E-state index in [0.717, 1.165) is 0 Å². The van der Waals surface area contributed by atoms with Gasteiger partial charge in [0, 0.05) is 11.2 Å². The van der Waals surface area contributed by atoms with Crippen LogP contribution in [-0.2, 0) is 6.61 Å². The van der Waals surface area contributed by atoms with Crippen LogP contribution in [-0.4, -0.2) is 21.0 Å².